The molecule has 0 aliphatic carbocycles. The molecule has 154 valence electrons. The SMILES string of the molecule is Cc1cc(O)c(C2=Nc3ccccc3NC(c3cn[nH]c3-c3ccccc3)C2)c(=O)o1. The molecule has 2 aromatic carbocycles. The smallest absolute Gasteiger partial charge is 0.348 e. The molecule has 5 rings (SSSR count). The lowest BCUT2D eigenvalue weighted by Gasteiger charge is -2.19. The number of aryl methyl sites for hydroxylation is 1. The molecule has 2 aromatic heterocycles. The van der Waals surface area contributed by atoms with E-state index in [2.05, 4.69) is 15.5 Å². The largest absolute Gasteiger partial charge is 0.507 e. The normalized spacial score (nSPS) is 15.5. The first kappa shape index (κ1) is 18.9. The number of nitrogens with zero attached hydrogens (tertiary/aromatic N) is 2. The summed E-state index contributed by atoms with van der Waals surface area (Å²) in [5, 5.41) is 21.4. The van der Waals surface area contributed by atoms with Gasteiger partial charge in [-0.05, 0) is 24.6 Å². The highest BCUT2D eigenvalue weighted by atomic mass is 16.4. The van der Waals surface area contributed by atoms with E-state index in [-0.39, 0.29) is 17.4 Å². The standard InChI is InChI=1S/C24H20N4O3/c1-14-11-21(29)22(24(30)31-14)20-12-19(26-17-9-5-6-10-18(17)27-20)16-13-25-28-23(16)15-7-3-2-4-8-15/h2-11,13,19,26,29H,12H2,1H3,(H,25,28). The lowest BCUT2D eigenvalue weighted by Crippen LogP contribution is -2.20. The number of para-hydroxylation sites is 2. The van der Waals surface area contributed by atoms with Crippen LogP contribution in [-0.4, -0.2) is 21.0 Å². The van der Waals surface area contributed by atoms with Gasteiger partial charge in [-0.2, -0.15) is 5.10 Å². The van der Waals surface area contributed by atoms with Crippen molar-refractivity contribution in [3.05, 3.63) is 94.2 Å². The summed E-state index contributed by atoms with van der Waals surface area (Å²) in [4.78, 5) is 17.3. The van der Waals surface area contributed by atoms with Gasteiger partial charge in [0.1, 0.15) is 17.1 Å². The van der Waals surface area contributed by atoms with E-state index < -0.39 is 5.63 Å². The van der Waals surface area contributed by atoms with Crippen molar-refractivity contribution in [1.29, 1.82) is 0 Å². The molecule has 1 unspecified atom stereocenters. The van der Waals surface area contributed by atoms with E-state index in [0.717, 1.165) is 22.5 Å². The van der Waals surface area contributed by atoms with Gasteiger partial charge in [-0.15, -0.1) is 0 Å². The molecule has 7 heteroatoms. The Balaban J connectivity index is 1.65. The number of H-pyrrole nitrogens is 1. The molecule has 4 aromatic rings. The summed E-state index contributed by atoms with van der Waals surface area (Å²) >= 11 is 0. The quantitative estimate of drug-likeness (QED) is 0.452. The number of anilines is 1. The maximum absolute atomic E-state index is 12.6. The zero-order valence-electron chi connectivity index (χ0n) is 16.8. The van der Waals surface area contributed by atoms with Crippen molar-refractivity contribution in [2.75, 3.05) is 5.32 Å². The lowest BCUT2D eigenvalue weighted by molar-refractivity contribution is 0.432. The first-order valence-corrected chi connectivity index (χ1v) is 9.96. The average molecular weight is 412 g/mol. The van der Waals surface area contributed by atoms with Crippen LogP contribution in [0.2, 0.25) is 0 Å². The predicted octanol–water partition coefficient (Wildman–Crippen LogP) is 4.72. The summed E-state index contributed by atoms with van der Waals surface area (Å²) in [6.07, 6.45) is 2.14. The van der Waals surface area contributed by atoms with Crippen molar-refractivity contribution in [1.82, 2.24) is 10.2 Å². The van der Waals surface area contributed by atoms with Crippen LogP contribution in [0.15, 0.2) is 81.1 Å². The fraction of sp³-hybridized carbons (Fsp3) is 0.125. The van der Waals surface area contributed by atoms with Crippen LogP contribution in [0.1, 0.15) is 29.3 Å². The second-order valence-electron chi connectivity index (χ2n) is 7.45. The van der Waals surface area contributed by atoms with Crippen LogP contribution in [0.3, 0.4) is 0 Å². The lowest BCUT2D eigenvalue weighted by atomic mass is 9.95. The number of nitrogens with one attached hydrogen (secondary N) is 2. The van der Waals surface area contributed by atoms with Crippen molar-refractivity contribution in [3.63, 3.8) is 0 Å². The molecular weight excluding hydrogens is 392 g/mol. The van der Waals surface area contributed by atoms with Gasteiger partial charge in [0.05, 0.1) is 35.0 Å². The van der Waals surface area contributed by atoms with Crippen molar-refractivity contribution in [3.8, 4) is 17.0 Å². The second kappa shape index (κ2) is 7.60. The summed E-state index contributed by atoms with van der Waals surface area (Å²) in [7, 11) is 0. The number of rotatable bonds is 3. The van der Waals surface area contributed by atoms with Gasteiger partial charge < -0.3 is 14.8 Å². The van der Waals surface area contributed by atoms with E-state index in [0.29, 0.717) is 23.6 Å². The maximum Gasteiger partial charge on any atom is 0.348 e. The Morgan fingerprint density at radius 3 is 2.68 bits per heavy atom. The van der Waals surface area contributed by atoms with Crippen LogP contribution in [-0.2, 0) is 0 Å². The van der Waals surface area contributed by atoms with E-state index in [4.69, 9.17) is 9.41 Å². The summed E-state index contributed by atoms with van der Waals surface area (Å²) < 4.78 is 5.25. The van der Waals surface area contributed by atoms with E-state index in [1.54, 1.807) is 13.1 Å². The van der Waals surface area contributed by atoms with Gasteiger partial charge in [-0.3, -0.25) is 10.1 Å². The summed E-state index contributed by atoms with van der Waals surface area (Å²) in [6.45, 7) is 1.62. The minimum absolute atomic E-state index is 0.0823. The Kier molecular flexibility index (Phi) is 4.63. The summed E-state index contributed by atoms with van der Waals surface area (Å²) in [6, 6.07) is 18.7. The Bertz CT molecular complexity index is 1340. The number of aromatic nitrogens is 2. The Labute approximate surface area is 178 Å². The molecule has 31 heavy (non-hydrogen) atoms. The van der Waals surface area contributed by atoms with Gasteiger partial charge in [0.25, 0.3) is 0 Å². The Hall–Kier alpha value is -4.13. The number of hydrogen-bond acceptors (Lipinski definition) is 6. The first-order valence-electron chi connectivity index (χ1n) is 9.96. The molecule has 0 spiro atoms. The number of hydrogen-bond donors (Lipinski definition) is 3. The Morgan fingerprint density at radius 1 is 1.10 bits per heavy atom. The molecule has 1 atom stereocenters. The molecule has 0 bridgehead atoms. The molecule has 1 aliphatic heterocycles. The highest BCUT2D eigenvalue weighted by molar-refractivity contribution is 6.05. The minimum Gasteiger partial charge on any atom is -0.507 e. The number of benzene rings is 2. The molecule has 0 amide bonds. The molecule has 3 heterocycles. The maximum atomic E-state index is 12.6. The van der Waals surface area contributed by atoms with Crippen LogP contribution in [0, 0.1) is 6.92 Å². The molecule has 7 nitrogen and oxygen atoms in total. The summed E-state index contributed by atoms with van der Waals surface area (Å²) in [5.74, 6) is 0.206. The third-order valence-corrected chi connectivity index (χ3v) is 5.34. The molecule has 1 aliphatic rings. The van der Waals surface area contributed by atoms with Crippen molar-refractivity contribution < 1.29 is 9.52 Å². The van der Waals surface area contributed by atoms with Gasteiger partial charge in [-0.25, -0.2) is 4.79 Å². The van der Waals surface area contributed by atoms with Gasteiger partial charge in [0.15, 0.2) is 0 Å². The van der Waals surface area contributed by atoms with Crippen LogP contribution < -0.4 is 10.9 Å². The van der Waals surface area contributed by atoms with Gasteiger partial charge in [0.2, 0.25) is 0 Å². The monoisotopic (exact) mass is 412 g/mol. The number of fused-ring (bicyclic) bond motifs is 1. The molecule has 0 saturated heterocycles. The fourth-order valence-electron chi connectivity index (χ4n) is 3.92. The highest BCUT2D eigenvalue weighted by Gasteiger charge is 2.27. The van der Waals surface area contributed by atoms with Crippen molar-refractivity contribution in [2.24, 2.45) is 4.99 Å². The molecule has 0 saturated carbocycles. The zero-order chi connectivity index (χ0) is 21.4. The third-order valence-electron chi connectivity index (χ3n) is 5.34. The topological polar surface area (TPSA) is 104 Å². The van der Waals surface area contributed by atoms with Crippen LogP contribution in [0.4, 0.5) is 11.4 Å². The van der Waals surface area contributed by atoms with Crippen molar-refractivity contribution in [2.45, 2.75) is 19.4 Å². The number of aromatic hydroxyl groups is 1. The molecule has 3 N–H and O–H groups in total. The van der Waals surface area contributed by atoms with E-state index in [9.17, 15) is 9.90 Å². The van der Waals surface area contributed by atoms with Crippen LogP contribution in [0.25, 0.3) is 11.3 Å². The third kappa shape index (κ3) is 3.50. The predicted molar refractivity (Wildman–Crippen MR) is 119 cm³/mol. The van der Waals surface area contributed by atoms with E-state index in [1.165, 1.54) is 6.07 Å². The van der Waals surface area contributed by atoms with Crippen LogP contribution in [0.5, 0.6) is 5.75 Å². The second-order valence-corrected chi connectivity index (χ2v) is 7.45. The van der Waals surface area contributed by atoms with E-state index in [1.807, 2.05) is 54.6 Å². The van der Waals surface area contributed by atoms with Crippen LogP contribution >= 0.6 is 0 Å². The number of aromatic amines is 1. The van der Waals surface area contributed by atoms with Crippen molar-refractivity contribution >= 4 is 17.1 Å². The highest BCUT2D eigenvalue weighted by Crippen LogP contribution is 2.38. The summed E-state index contributed by atoms with van der Waals surface area (Å²) in [5.41, 5.74) is 4.27. The zero-order valence-corrected chi connectivity index (χ0v) is 16.8. The Morgan fingerprint density at radius 2 is 1.87 bits per heavy atom. The first-order chi connectivity index (χ1) is 15.1. The van der Waals surface area contributed by atoms with E-state index >= 15 is 0 Å². The molecule has 0 radical (unpaired) electrons. The van der Waals surface area contributed by atoms with Gasteiger partial charge in [0, 0.05) is 18.1 Å². The minimum atomic E-state index is -0.607. The van der Waals surface area contributed by atoms with Gasteiger partial charge >= 0.3 is 5.63 Å². The van der Waals surface area contributed by atoms with Gasteiger partial charge in [-0.1, -0.05) is 42.5 Å². The fourth-order valence-corrected chi connectivity index (χ4v) is 3.92. The number of aliphatic imine (C=N–C) groups is 1. The molecular formula is C24H20N4O3. The molecule has 0 fully saturated rings. The average Bonchev–Trinajstić information content (AvgIpc) is 3.16.